The number of nitrogens with zero attached hydrogens (tertiary/aromatic N) is 1. The zero-order valence-electron chi connectivity index (χ0n) is 16.5. The molecule has 0 aromatic heterocycles. The molecule has 1 fully saturated rings. The zero-order valence-corrected chi connectivity index (χ0v) is 19.7. The molecular weight excluding hydrogens is 473 g/mol. The largest absolute Gasteiger partial charge is 0.493 e. The lowest BCUT2D eigenvalue weighted by Gasteiger charge is -2.16. The lowest BCUT2D eigenvalue weighted by atomic mass is 10.1. The quantitative estimate of drug-likeness (QED) is 0.230. The van der Waals surface area contributed by atoms with Crippen LogP contribution < -0.4 is 20.1 Å². The maximum Gasteiger partial charge on any atom is 0.191 e. The third kappa shape index (κ3) is 7.44. The van der Waals surface area contributed by atoms with Gasteiger partial charge in [-0.25, -0.2) is 4.99 Å². The van der Waals surface area contributed by atoms with Crippen LogP contribution in [0, 0.1) is 0 Å². The molecule has 2 N–H and O–H groups in total. The Morgan fingerprint density at radius 1 is 1.33 bits per heavy atom. The van der Waals surface area contributed by atoms with Crippen molar-refractivity contribution in [3.05, 3.63) is 35.9 Å². The van der Waals surface area contributed by atoms with Gasteiger partial charge in [-0.3, -0.25) is 0 Å². The topological polar surface area (TPSA) is 54.9 Å². The number of rotatable bonds is 9. The number of benzene rings is 1. The van der Waals surface area contributed by atoms with Crippen molar-refractivity contribution in [1.82, 2.24) is 10.6 Å². The first-order chi connectivity index (χ1) is 12.7. The second-order valence-electron chi connectivity index (χ2n) is 6.19. The minimum Gasteiger partial charge on any atom is -0.493 e. The van der Waals surface area contributed by atoms with E-state index in [0.29, 0.717) is 11.8 Å². The number of guanidine groups is 1. The van der Waals surface area contributed by atoms with E-state index in [1.165, 1.54) is 18.6 Å². The van der Waals surface area contributed by atoms with Crippen LogP contribution in [0.15, 0.2) is 29.8 Å². The van der Waals surface area contributed by atoms with Crippen molar-refractivity contribution in [2.24, 2.45) is 4.99 Å². The van der Waals surface area contributed by atoms with Crippen LogP contribution in [0.25, 0.3) is 0 Å². The highest BCUT2D eigenvalue weighted by atomic mass is 127. The second-order valence-corrected chi connectivity index (χ2v) is 7.60. The van der Waals surface area contributed by atoms with Crippen molar-refractivity contribution in [2.45, 2.75) is 38.0 Å². The maximum atomic E-state index is 5.50. The molecule has 0 saturated carbocycles. The molecule has 1 saturated heterocycles. The van der Waals surface area contributed by atoms with E-state index in [-0.39, 0.29) is 24.0 Å². The Labute approximate surface area is 184 Å². The molecule has 1 aromatic rings. The number of aliphatic imine (C=N–C) groups is 1. The summed E-state index contributed by atoms with van der Waals surface area (Å²) in [5.41, 5.74) is 2.15. The molecule has 1 aliphatic heterocycles. The van der Waals surface area contributed by atoms with Gasteiger partial charge in [-0.15, -0.1) is 30.6 Å². The Hall–Kier alpha value is -1.09. The van der Waals surface area contributed by atoms with Crippen molar-refractivity contribution in [1.29, 1.82) is 0 Å². The van der Waals surface area contributed by atoms with Gasteiger partial charge in [-0.1, -0.05) is 6.08 Å². The van der Waals surface area contributed by atoms with E-state index in [4.69, 9.17) is 14.5 Å². The fourth-order valence-corrected chi connectivity index (χ4v) is 4.23. The van der Waals surface area contributed by atoms with Gasteiger partial charge in [-0.2, -0.15) is 11.8 Å². The fraction of sp³-hybridized carbons (Fsp3) is 0.550. The fourth-order valence-electron chi connectivity index (χ4n) is 3.03. The minimum absolute atomic E-state index is 0. The van der Waals surface area contributed by atoms with E-state index in [9.17, 15) is 0 Å². The number of ether oxygens (including phenoxy) is 2. The molecule has 27 heavy (non-hydrogen) atoms. The van der Waals surface area contributed by atoms with E-state index in [2.05, 4.69) is 30.2 Å². The summed E-state index contributed by atoms with van der Waals surface area (Å²) in [5.74, 6) is 3.64. The molecule has 5 nitrogen and oxygen atoms in total. The van der Waals surface area contributed by atoms with E-state index >= 15 is 0 Å². The van der Waals surface area contributed by atoms with E-state index in [1.807, 2.05) is 23.9 Å². The Balaban J connectivity index is 0.00000364. The van der Waals surface area contributed by atoms with E-state index in [1.54, 1.807) is 14.2 Å². The molecule has 0 amide bonds. The summed E-state index contributed by atoms with van der Waals surface area (Å²) < 4.78 is 11.0. The molecule has 7 heteroatoms. The minimum atomic E-state index is 0. The molecule has 0 aliphatic carbocycles. The van der Waals surface area contributed by atoms with Crippen LogP contribution in [0.4, 0.5) is 0 Å². The van der Waals surface area contributed by atoms with Crippen LogP contribution in [0.5, 0.6) is 11.5 Å². The molecule has 1 atom stereocenters. The van der Waals surface area contributed by atoms with Gasteiger partial charge in [-0.05, 0) is 49.6 Å². The molecule has 0 radical (unpaired) electrons. The second kappa shape index (κ2) is 13.1. The summed E-state index contributed by atoms with van der Waals surface area (Å²) >= 11 is 2.05. The van der Waals surface area contributed by atoms with Crippen LogP contribution in [0.3, 0.4) is 0 Å². The molecule has 1 aliphatic rings. The molecular formula is C20H32IN3O2S. The maximum absolute atomic E-state index is 5.50. The molecule has 1 heterocycles. The van der Waals surface area contributed by atoms with Gasteiger partial charge in [0.1, 0.15) is 0 Å². The molecule has 1 aromatic carbocycles. The lowest BCUT2D eigenvalue weighted by Crippen LogP contribution is -2.40. The van der Waals surface area contributed by atoms with Gasteiger partial charge in [0.25, 0.3) is 0 Å². The van der Waals surface area contributed by atoms with Crippen molar-refractivity contribution < 1.29 is 9.47 Å². The Morgan fingerprint density at radius 3 is 2.74 bits per heavy atom. The average molecular weight is 505 g/mol. The summed E-state index contributed by atoms with van der Waals surface area (Å²) in [7, 11) is 3.32. The van der Waals surface area contributed by atoms with E-state index in [0.717, 1.165) is 48.1 Å². The van der Waals surface area contributed by atoms with Gasteiger partial charge >= 0.3 is 0 Å². The summed E-state index contributed by atoms with van der Waals surface area (Å²) in [4.78, 5) is 4.74. The van der Waals surface area contributed by atoms with Crippen LogP contribution in [0.1, 0.15) is 30.9 Å². The Bertz CT molecular complexity index is 619. The van der Waals surface area contributed by atoms with E-state index < -0.39 is 0 Å². The summed E-state index contributed by atoms with van der Waals surface area (Å²) in [6, 6.07) is 4.11. The van der Waals surface area contributed by atoms with Gasteiger partial charge in [0.15, 0.2) is 17.5 Å². The number of hydrogen-bond donors (Lipinski definition) is 2. The number of halogens is 1. The average Bonchev–Trinajstić information content (AvgIpc) is 3.17. The van der Waals surface area contributed by atoms with Crippen LogP contribution in [-0.2, 0) is 13.0 Å². The van der Waals surface area contributed by atoms with Crippen molar-refractivity contribution in [3.8, 4) is 11.5 Å². The van der Waals surface area contributed by atoms with Crippen LogP contribution >= 0.6 is 35.7 Å². The SMILES string of the molecule is C=CCc1cc(CN=C(NCC)NCC2CCCS2)cc(OC)c1OC.I. The summed E-state index contributed by atoms with van der Waals surface area (Å²) in [6.45, 7) is 8.30. The van der Waals surface area contributed by atoms with Gasteiger partial charge in [0.05, 0.1) is 20.8 Å². The highest BCUT2D eigenvalue weighted by Crippen LogP contribution is 2.33. The Kier molecular flexibility index (Phi) is 11.7. The normalized spacial score (nSPS) is 16.4. The molecule has 2 rings (SSSR count). The van der Waals surface area contributed by atoms with Gasteiger partial charge in [0.2, 0.25) is 0 Å². The first-order valence-electron chi connectivity index (χ1n) is 9.20. The Morgan fingerprint density at radius 2 is 2.15 bits per heavy atom. The third-order valence-electron chi connectivity index (χ3n) is 4.26. The standard InChI is InChI=1S/C20H31N3O2S.HI/c1-5-8-16-11-15(12-18(24-3)19(16)25-4)13-22-20(21-6-2)23-14-17-9-7-10-26-17;/h5,11-12,17H,1,6-10,13-14H2,2-4H3,(H2,21,22,23);1H. The van der Waals surface area contributed by atoms with Gasteiger partial charge in [0, 0.05) is 23.9 Å². The number of allylic oxidation sites excluding steroid dienone is 1. The predicted molar refractivity (Wildman–Crippen MR) is 127 cm³/mol. The van der Waals surface area contributed by atoms with Crippen LogP contribution in [0.2, 0.25) is 0 Å². The smallest absolute Gasteiger partial charge is 0.191 e. The predicted octanol–water partition coefficient (Wildman–Crippen LogP) is 4.00. The number of methoxy groups -OCH3 is 2. The third-order valence-corrected chi connectivity index (χ3v) is 5.66. The number of nitrogens with one attached hydrogen (secondary N) is 2. The van der Waals surface area contributed by atoms with Crippen molar-refractivity contribution >= 4 is 41.7 Å². The van der Waals surface area contributed by atoms with Crippen molar-refractivity contribution in [2.75, 3.05) is 33.1 Å². The molecule has 1 unspecified atom stereocenters. The molecule has 0 spiro atoms. The first-order valence-corrected chi connectivity index (χ1v) is 10.2. The molecule has 0 bridgehead atoms. The summed E-state index contributed by atoms with van der Waals surface area (Å²) in [5, 5.41) is 7.49. The zero-order chi connectivity index (χ0) is 18.8. The number of hydrogen-bond acceptors (Lipinski definition) is 4. The van der Waals surface area contributed by atoms with Crippen molar-refractivity contribution in [3.63, 3.8) is 0 Å². The first kappa shape index (κ1) is 23.9. The van der Waals surface area contributed by atoms with Gasteiger partial charge < -0.3 is 20.1 Å². The highest BCUT2D eigenvalue weighted by Gasteiger charge is 2.16. The number of thioether (sulfide) groups is 1. The molecule has 152 valence electrons. The summed E-state index contributed by atoms with van der Waals surface area (Å²) in [6.07, 6.45) is 5.21. The highest BCUT2D eigenvalue weighted by molar-refractivity contribution is 14.0. The monoisotopic (exact) mass is 505 g/mol. The van der Waals surface area contributed by atoms with Crippen LogP contribution in [-0.4, -0.2) is 44.3 Å². The lowest BCUT2D eigenvalue weighted by molar-refractivity contribution is 0.352.